The number of ether oxygens (including phenoxy) is 3. The molecule has 160 valence electrons. The van der Waals surface area contributed by atoms with E-state index in [0.717, 1.165) is 16.7 Å². The van der Waals surface area contributed by atoms with Gasteiger partial charge in [0.1, 0.15) is 29.4 Å². The number of furan rings is 1. The van der Waals surface area contributed by atoms with Gasteiger partial charge in [-0.2, -0.15) is 0 Å². The predicted molar refractivity (Wildman–Crippen MR) is 122 cm³/mol. The first-order chi connectivity index (χ1) is 15.7. The molecular weight excluding hydrogens is 408 g/mol. The zero-order valence-corrected chi connectivity index (χ0v) is 17.6. The maximum absolute atomic E-state index is 12.2. The van der Waals surface area contributed by atoms with Crippen molar-refractivity contribution in [3.05, 3.63) is 88.8 Å². The Labute approximate surface area is 183 Å². The Morgan fingerprint density at radius 2 is 1.62 bits per heavy atom. The van der Waals surface area contributed by atoms with Crippen molar-refractivity contribution in [1.29, 1.82) is 0 Å². The Kier molecular flexibility index (Phi) is 5.03. The van der Waals surface area contributed by atoms with Gasteiger partial charge in [-0.05, 0) is 36.4 Å². The maximum Gasteiger partial charge on any atom is 0.336 e. The Morgan fingerprint density at radius 3 is 2.47 bits per heavy atom. The summed E-state index contributed by atoms with van der Waals surface area (Å²) in [6.45, 7) is 0.337. The van der Waals surface area contributed by atoms with Crippen LogP contribution in [0.15, 0.2) is 86.4 Å². The zero-order chi connectivity index (χ0) is 22.1. The molecule has 0 saturated carbocycles. The van der Waals surface area contributed by atoms with Gasteiger partial charge in [0.25, 0.3) is 0 Å². The Hall–Kier alpha value is -4.19. The standard InChI is InChI=1S/C26H20O6/c1-28-21-8-4-3-6-17(21)15-30-18-10-11-22-19(13-18)20(14-25(27)31-22)24-12-16-7-5-9-23(29-2)26(16)32-24/h3-14H,15H2,1-2H3. The normalized spacial score (nSPS) is 11.1. The summed E-state index contributed by atoms with van der Waals surface area (Å²) in [5.41, 5.74) is 2.17. The predicted octanol–water partition coefficient (Wildman–Crippen LogP) is 5.80. The van der Waals surface area contributed by atoms with Crippen molar-refractivity contribution in [2.75, 3.05) is 14.2 Å². The molecule has 6 nitrogen and oxygen atoms in total. The van der Waals surface area contributed by atoms with Crippen LogP contribution in [0.3, 0.4) is 0 Å². The first-order valence-corrected chi connectivity index (χ1v) is 10.1. The average Bonchev–Trinajstić information content (AvgIpc) is 3.26. The first kappa shape index (κ1) is 19.8. The molecule has 0 aliphatic heterocycles. The number of hydrogen-bond donors (Lipinski definition) is 0. The van der Waals surface area contributed by atoms with E-state index in [9.17, 15) is 4.79 Å². The van der Waals surface area contributed by atoms with Crippen molar-refractivity contribution in [1.82, 2.24) is 0 Å². The van der Waals surface area contributed by atoms with E-state index in [1.807, 2.05) is 54.6 Å². The maximum atomic E-state index is 12.2. The third-order valence-electron chi connectivity index (χ3n) is 5.29. The second-order valence-corrected chi connectivity index (χ2v) is 7.23. The summed E-state index contributed by atoms with van der Waals surface area (Å²) >= 11 is 0. The number of hydrogen-bond acceptors (Lipinski definition) is 6. The van der Waals surface area contributed by atoms with Crippen LogP contribution in [0.5, 0.6) is 17.2 Å². The smallest absolute Gasteiger partial charge is 0.336 e. The lowest BCUT2D eigenvalue weighted by Crippen LogP contribution is -2.00. The molecule has 6 heteroatoms. The van der Waals surface area contributed by atoms with Gasteiger partial charge < -0.3 is 23.0 Å². The number of methoxy groups -OCH3 is 2. The van der Waals surface area contributed by atoms with Crippen LogP contribution in [0.4, 0.5) is 0 Å². The summed E-state index contributed by atoms with van der Waals surface area (Å²) < 4.78 is 28.3. The van der Waals surface area contributed by atoms with Gasteiger partial charge >= 0.3 is 5.63 Å². The summed E-state index contributed by atoms with van der Waals surface area (Å²) in [6.07, 6.45) is 0. The first-order valence-electron chi connectivity index (χ1n) is 10.1. The number of para-hydroxylation sites is 2. The molecule has 2 heterocycles. The lowest BCUT2D eigenvalue weighted by atomic mass is 10.1. The van der Waals surface area contributed by atoms with Crippen LogP contribution in [0.1, 0.15) is 5.56 Å². The molecular formula is C26H20O6. The summed E-state index contributed by atoms with van der Waals surface area (Å²) in [7, 11) is 3.22. The second kappa shape index (κ2) is 8.15. The van der Waals surface area contributed by atoms with Crippen LogP contribution >= 0.6 is 0 Å². The van der Waals surface area contributed by atoms with Crippen molar-refractivity contribution >= 4 is 21.9 Å². The van der Waals surface area contributed by atoms with E-state index in [2.05, 4.69) is 0 Å². The Morgan fingerprint density at radius 1 is 0.812 bits per heavy atom. The lowest BCUT2D eigenvalue weighted by molar-refractivity contribution is 0.297. The van der Waals surface area contributed by atoms with Gasteiger partial charge in [-0.1, -0.05) is 30.3 Å². The van der Waals surface area contributed by atoms with Crippen LogP contribution in [-0.2, 0) is 6.61 Å². The van der Waals surface area contributed by atoms with Crippen molar-refractivity contribution < 1.29 is 23.0 Å². The van der Waals surface area contributed by atoms with Crippen LogP contribution < -0.4 is 19.8 Å². The fourth-order valence-corrected chi connectivity index (χ4v) is 3.75. The fraction of sp³-hybridized carbons (Fsp3) is 0.115. The summed E-state index contributed by atoms with van der Waals surface area (Å²) in [6, 6.07) is 22.0. The third-order valence-corrected chi connectivity index (χ3v) is 5.29. The molecule has 32 heavy (non-hydrogen) atoms. The van der Waals surface area contributed by atoms with E-state index in [1.54, 1.807) is 26.4 Å². The minimum absolute atomic E-state index is 0.337. The van der Waals surface area contributed by atoms with Crippen molar-refractivity contribution in [3.63, 3.8) is 0 Å². The molecule has 5 rings (SSSR count). The zero-order valence-electron chi connectivity index (χ0n) is 17.6. The van der Waals surface area contributed by atoms with E-state index in [-0.39, 0.29) is 0 Å². The highest BCUT2D eigenvalue weighted by molar-refractivity contribution is 5.96. The molecule has 3 aromatic carbocycles. The molecule has 0 aliphatic carbocycles. The molecule has 0 bridgehead atoms. The fourth-order valence-electron chi connectivity index (χ4n) is 3.75. The van der Waals surface area contributed by atoms with Crippen LogP contribution in [0.25, 0.3) is 33.3 Å². The Balaban J connectivity index is 1.57. The Bertz CT molecular complexity index is 1480. The highest BCUT2D eigenvalue weighted by Gasteiger charge is 2.15. The average molecular weight is 428 g/mol. The second-order valence-electron chi connectivity index (χ2n) is 7.23. The molecule has 0 saturated heterocycles. The molecule has 0 aliphatic rings. The van der Waals surface area contributed by atoms with E-state index in [4.69, 9.17) is 23.0 Å². The largest absolute Gasteiger partial charge is 0.496 e. The van der Waals surface area contributed by atoms with E-state index >= 15 is 0 Å². The van der Waals surface area contributed by atoms with Crippen LogP contribution in [-0.4, -0.2) is 14.2 Å². The number of fused-ring (bicyclic) bond motifs is 2. The minimum Gasteiger partial charge on any atom is -0.496 e. The van der Waals surface area contributed by atoms with Gasteiger partial charge in [-0.3, -0.25) is 0 Å². The molecule has 0 unspecified atom stereocenters. The quantitative estimate of drug-likeness (QED) is 0.318. The molecule has 0 N–H and O–H groups in total. The molecule has 0 amide bonds. The topological polar surface area (TPSA) is 71.0 Å². The molecule has 0 atom stereocenters. The third kappa shape index (κ3) is 3.56. The van der Waals surface area contributed by atoms with Crippen LogP contribution in [0, 0.1) is 0 Å². The van der Waals surface area contributed by atoms with Crippen LogP contribution in [0.2, 0.25) is 0 Å². The minimum atomic E-state index is -0.456. The van der Waals surface area contributed by atoms with Crippen molar-refractivity contribution in [2.45, 2.75) is 6.61 Å². The highest BCUT2D eigenvalue weighted by atomic mass is 16.5. The van der Waals surface area contributed by atoms with Gasteiger partial charge in [-0.15, -0.1) is 0 Å². The van der Waals surface area contributed by atoms with Gasteiger partial charge in [-0.25, -0.2) is 4.79 Å². The highest BCUT2D eigenvalue weighted by Crippen LogP contribution is 2.36. The SMILES string of the molecule is COc1ccccc1COc1ccc2oc(=O)cc(-c3cc4cccc(OC)c4o3)c2c1. The molecule has 0 spiro atoms. The van der Waals surface area contributed by atoms with E-state index in [0.29, 0.717) is 46.0 Å². The molecule has 0 radical (unpaired) electrons. The summed E-state index contributed by atoms with van der Waals surface area (Å²) in [4.78, 5) is 12.2. The molecule has 2 aromatic heterocycles. The van der Waals surface area contributed by atoms with E-state index in [1.165, 1.54) is 6.07 Å². The lowest BCUT2D eigenvalue weighted by Gasteiger charge is -2.11. The van der Waals surface area contributed by atoms with Crippen molar-refractivity contribution in [2.24, 2.45) is 0 Å². The van der Waals surface area contributed by atoms with E-state index < -0.39 is 5.63 Å². The summed E-state index contributed by atoms with van der Waals surface area (Å²) in [5.74, 6) is 2.56. The number of benzene rings is 3. The van der Waals surface area contributed by atoms with Gasteiger partial charge in [0, 0.05) is 28.0 Å². The van der Waals surface area contributed by atoms with Gasteiger partial charge in [0.05, 0.1) is 14.2 Å². The monoisotopic (exact) mass is 428 g/mol. The summed E-state index contributed by atoms with van der Waals surface area (Å²) in [5, 5.41) is 1.59. The van der Waals surface area contributed by atoms with Gasteiger partial charge in [0.2, 0.25) is 0 Å². The molecule has 5 aromatic rings. The van der Waals surface area contributed by atoms with Crippen molar-refractivity contribution in [3.8, 4) is 28.6 Å². The number of rotatable bonds is 6. The van der Waals surface area contributed by atoms with Gasteiger partial charge in [0.15, 0.2) is 11.3 Å². The molecule has 0 fully saturated rings.